The van der Waals surface area contributed by atoms with Gasteiger partial charge < -0.3 is 19.6 Å². The van der Waals surface area contributed by atoms with Crippen molar-refractivity contribution in [2.75, 3.05) is 6.61 Å². The van der Waals surface area contributed by atoms with Crippen LogP contribution in [0, 0.1) is 12.3 Å². The fraction of sp³-hybridized carbons (Fsp3) is 0.455. The number of nitrogens with zero attached hydrogens (tertiary/aromatic N) is 1. The Morgan fingerprint density at radius 1 is 1.37 bits per heavy atom. The van der Waals surface area contributed by atoms with Gasteiger partial charge in [-0.25, -0.2) is 19.2 Å². The molecule has 1 aromatic rings. The first-order valence-electron chi connectivity index (χ1n) is 6.98. The van der Waals surface area contributed by atoms with Crippen LogP contribution in [0.5, 0.6) is 0 Å². The molecule has 1 aromatic heterocycles. The molecule has 5 atom stereocenters. The maximum atomic E-state index is 11.9. The van der Waals surface area contributed by atoms with Crippen molar-refractivity contribution in [3.63, 3.8) is 0 Å². The number of hydrogen-bond acceptors (Lipinski definition) is 10. The van der Waals surface area contributed by atoms with Gasteiger partial charge in [-0.1, -0.05) is 5.92 Å². The minimum Gasteiger partial charge on any atom is -0.390 e. The van der Waals surface area contributed by atoms with Gasteiger partial charge in [-0.2, -0.15) is 4.31 Å². The van der Waals surface area contributed by atoms with Gasteiger partial charge in [-0.05, 0) is 0 Å². The van der Waals surface area contributed by atoms with Gasteiger partial charge >= 0.3 is 21.3 Å². The van der Waals surface area contributed by atoms with Crippen LogP contribution in [-0.2, 0) is 27.4 Å². The van der Waals surface area contributed by atoms with Crippen LogP contribution in [0.15, 0.2) is 15.8 Å². The molecule has 150 valence electrons. The molecule has 1 aliphatic rings. The SMILES string of the molecule is C#Cc1cn([C@H]2CC(O)[C@@H](COP(=O)(O)OP(=O)(O)OO)O2)c(=O)[nH]c1=O. The summed E-state index contributed by atoms with van der Waals surface area (Å²) in [4.78, 5) is 43.4. The molecule has 3 unspecified atom stereocenters. The lowest BCUT2D eigenvalue weighted by atomic mass is 10.2. The zero-order chi connectivity index (χ0) is 20.4. The Morgan fingerprint density at radius 3 is 2.63 bits per heavy atom. The van der Waals surface area contributed by atoms with Crippen LogP contribution in [0.25, 0.3) is 0 Å². The number of phosphoric acid groups is 2. The van der Waals surface area contributed by atoms with E-state index in [2.05, 4.69) is 19.4 Å². The second-order valence-corrected chi connectivity index (χ2v) is 8.13. The summed E-state index contributed by atoms with van der Waals surface area (Å²) >= 11 is 0. The first-order chi connectivity index (χ1) is 12.5. The predicted molar refractivity (Wildman–Crippen MR) is 84.2 cm³/mol. The molecule has 0 radical (unpaired) electrons. The van der Waals surface area contributed by atoms with Crippen molar-refractivity contribution in [2.45, 2.75) is 24.9 Å². The van der Waals surface area contributed by atoms with E-state index in [9.17, 15) is 28.7 Å². The summed E-state index contributed by atoms with van der Waals surface area (Å²) in [5.74, 6) is 2.07. The minimum absolute atomic E-state index is 0.164. The molecule has 0 amide bonds. The number of aromatic amines is 1. The Bertz CT molecular complexity index is 948. The van der Waals surface area contributed by atoms with Crippen LogP contribution < -0.4 is 11.2 Å². The molecule has 0 aromatic carbocycles. The van der Waals surface area contributed by atoms with Gasteiger partial charge in [0.25, 0.3) is 5.56 Å². The highest BCUT2D eigenvalue weighted by Gasteiger charge is 2.40. The number of aromatic nitrogens is 2. The van der Waals surface area contributed by atoms with Crippen LogP contribution >= 0.6 is 15.6 Å². The van der Waals surface area contributed by atoms with Gasteiger partial charge in [0.15, 0.2) is 0 Å². The van der Waals surface area contributed by atoms with E-state index in [0.29, 0.717) is 0 Å². The molecule has 16 heteroatoms. The maximum absolute atomic E-state index is 11.9. The Morgan fingerprint density at radius 2 is 2.04 bits per heavy atom. The summed E-state index contributed by atoms with van der Waals surface area (Å²) in [5, 5.41) is 18.0. The molecular formula is C11H14N2O12P2. The fourth-order valence-electron chi connectivity index (χ4n) is 2.17. The van der Waals surface area contributed by atoms with Gasteiger partial charge in [-0.3, -0.25) is 18.9 Å². The smallest absolute Gasteiger partial charge is 0.390 e. The molecule has 0 aliphatic carbocycles. The summed E-state index contributed by atoms with van der Waals surface area (Å²) in [6.45, 7) is -0.795. The number of aliphatic hydroxyl groups is 1. The van der Waals surface area contributed by atoms with E-state index in [4.69, 9.17) is 21.3 Å². The number of rotatable bonds is 7. The van der Waals surface area contributed by atoms with E-state index in [1.165, 1.54) is 0 Å². The lowest BCUT2D eigenvalue weighted by molar-refractivity contribution is -0.157. The first-order valence-corrected chi connectivity index (χ1v) is 9.97. The predicted octanol–water partition coefficient (Wildman–Crippen LogP) is -1.11. The second kappa shape index (κ2) is 8.17. The monoisotopic (exact) mass is 428 g/mol. The Labute approximate surface area is 150 Å². The summed E-state index contributed by atoms with van der Waals surface area (Å²) in [5.41, 5.74) is -1.81. The summed E-state index contributed by atoms with van der Waals surface area (Å²) in [7, 11) is -10.4. The minimum atomic E-state index is -5.24. The van der Waals surface area contributed by atoms with Crippen molar-refractivity contribution in [3.05, 3.63) is 32.6 Å². The molecule has 14 nitrogen and oxygen atoms in total. The van der Waals surface area contributed by atoms with Gasteiger partial charge in [0, 0.05) is 12.6 Å². The van der Waals surface area contributed by atoms with E-state index >= 15 is 0 Å². The average molecular weight is 428 g/mol. The molecule has 0 spiro atoms. The molecule has 0 saturated carbocycles. The number of phosphoric ester groups is 1. The highest BCUT2D eigenvalue weighted by atomic mass is 31.3. The van der Waals surface area contributed by atoms with E-state index in [0.717, 1.165) is 10.8 Å². The topological polar surface area (TPSA) is 207 Å². The quantitative estimate of drug-likeness (QED) is 0.152. The van der Waals surface area contributed by atoms with Crippen molar-refractivity contribution in [3.8, 4) is 12.3 Å². The van der Waals surface area contributed by atoms with Crippen LogP contribution in [0.1, 0.15) is 18.2 Å². The Balaban J connectivity index is 2.08. The van der Waals surface area contributed by atoms with Crippen LogP contribution in [0.2, 0.25) is 0 Å². The van der Waals surface area contributed by atoms with Crippen LogP contribution in [0.3, 0.4) is 0 Å². The molecule has 1 saturated heterocycles. The number of terminal acetylenes is 1. The highest BCUT2D eigenvalue weighted by Crippen LogP contribution is 2.60. The Hall–Kier alpha value is -1.62. The normalized spacial score (nSPS) is 26.9. The van der Waals surface area contributed by atoms with E-state index in [1.54, 1.807) is 0 Å². The number of nitrogens with one attached hydrogen (secondary N) is 1. The summed E-state index contributed by atoms with van der Waals surface area (Å²) < 4.78 is 39.8. The number of ether oxygens (including phenoxy) is 1. The molecule has 1 fully saturated rings. The fourth-order valence-corrected chi connectivity index (χ4v) is 3.86. The van der Waals surface area contributed by atoms with Crippen molar-refractivity contribution in [1.29, 1.82) is 0 Å². The van der Waals surface area contributed by atoms with Gasteiger partial charge in [0.2, 0.25) is 0 Å². The average Bonchev–Trinajstić information content (AvgIpc) is 2.93. The van der Waals surface area contributed by atoms with Crippen LogP contribution in [0.4, 0.5) is 0 Å². The van der Waals surface area contributed by atoms with Crippen molar-refractivity contribution >= 4 is 15.6 Å². The van der Waals surface area contributed by atoms with Crippen molar-refractivity contribution < 1.29 is 47.5 Å². The summed E-state index contributed by atoms with van der Waals surface area (Å²) in [6.07, 6.45) is 2.40. The maximum Gasteiger partial charge on any atom is 0.508 e. The third-order valence-corrected chi connectivity index (χ3v) is 5.68. The molecule has 1 aliphatic heterocycles. The largest absolute Gasteiger partial charge is 0.508 e. The Kier molecular flexibility index (Phi) is 6.56. The lowest BCUT2D eigenvalue weighted by Crippen LogP contribution is -2.33. The first kappa shape index (κ1) is 21.7. The number of hydrogen-bond donors (Lipinski definition) is 5. The van der Waals surface area contributed by atoms with Gasteiger partial charge in [0.1, 0.15) is 17.9 Å². The third kappa shape index (κ3) is 5.44. The molecule has 2 rings (SSSR count). The van der Waals surface area contributed by atoms with Crippen molar-refractivity contribution in [2.24, 2.45) is 0 Å². The van der Waals surface area contributed by atoms with E-state index in [1.807, 2.05) is 4.98 Å². The lowest BCUT2D eigenvalue weighted by Gasteiger charge is -2.18. The number of aliphatic hydroxyl groups excluding tert-OH is 1. The second-order valence-electron chi connectivity index (χ2n) is 5.18. The molecule has 0 bridgehead atoms. The highest BCUT2D eigenvalue weighted by molar-refractivity contribution is 7.61. The van der Waals surface area contributed by atoms with Crippen LogP contribution in [-0.4, -0.2) is 48.5 Å². The summed E-state index contributed by atoms with van der Waals surface area (Å²) in [6, 6.07) is 0. The number of H-pyrrole nitrogens is 1. The molecule has 5 N–H and O–H groups in total. The zero-order valence-corrected chi connectivity index (χ0v) is 15.0. The van der Waals surface area contributed by atoms with E-state index in [-0.39, 0.29) is 12.0 Å². The van der Waals surface area contributed by atoms with E-state index < -0.39 is 51.9 Å². The van der Waals surface area contributed by atoms with Gasteiger partial charge in [-0.15, -0.1) is 11.1 Å². The molecular weight excluding hydrogens is 414 g/mol. The molecule has 27 heavy (non-hydrogen) atoms. The van der Waals surface area contributed by atoms with Gasteiger partial charge in [0.05, 0.1) is 12.7 Å². The standard InChI is InChI=1S/C11H14N2O12P2/c1-2-6-4-13(11(16)12-10(6)15)9-3-7(14)8(23-9)5-22-26(18,19)25-27(20,21)24-17/h1,4,7-9,14,17H,3,5H2,(H,18,19)(H,20,21)(H,12,15,16)/t7?,8-,9-/m1/s1. The third-order valence-electron chi connectivity index (χ3n) is 3.35. The molecule has 2 heterocycles. The zero-order valence-electron chi connectivity index (χ0n) is 13.2. The van der Waals surface area contributed by atoms with Crippen molar-refractivity contribution in [1.82, 2.24) is 9.55 Å².